The Bertz CT molecular complexity index is 527. The van der Waals surface area contributed by atoms with Gasteiger partial charge in [0.2, 0.25) is 0 Å². The van der Waals surface area contributed by atoms with Crippen LogP contribution < -0.4 is 5.32 Å². The van der Waals surface area contributed by atoms with E-state index in [2.05, 4.69) is 15.3 Å². The minimum atomic E-state index is -0.545. The minimum absolute atomic E-state index is 0.0978. The highest BCUT2D eigenvalue weighted by Crippen LogP contribution is 2.24. The third kappa shape index (κ3) is 3.91. The van der Waals surface area contributed by atoms with Crippen LogP contribution in [-0.2, 0) is 11.8 Å². The van der Waals surface area contributed by atoms with Gasteiger partial charge in [0.1, 0.15) is 0 Å². The Morgan fingerprint density at radius 2 is 2.09 bits per heavy atom. The number of nitrogens with zero attached hydrogens (tertiary/aromatic N) is 3. The maximum absolute atomic E-state index is 12.4. The van der Waals surface area contributed by atoms with Gasteiger partial charge in [-0.3, -0.25) is 14.4 Å². The zero-order valence-corrected chi connectivity index (χ0v) is 13.6. The van der Waals surface area contributed by atoms with Crippen LogP contribution in [0.25, 0.3) is 0 Å². The highest BCUT2D eigenvalue weighted by Gasteiger charge is 2.35. The number of carbonyl (C=O) groups is 1. The average molecular weight is 322 g/mol. The second kappa shape index (κ2) is 7.42. The van der Waals surface area contributed by atoms with Crippen LogP contribution in [0.3, 0.4) is 0 Å². The van der Waals surface area contributed by atoms with E-state index in [1.54, 1.807) is 24.1 Å². The molecule has 2 aliphatic rings. The summed E-state index contributed by atoms with van der Waals surface area (Å²) < 4.78 is 7.01. The van der Waals surface area contributed by atoms with Crippen molar-refractivity contribution in [2.75, 3.05) is 26.3 Å². The number of rotatable bonds is 3. The number of aryl methyl sites for hydroxylation is 1. The Morgan fingerprint density at radius 3 is 2.78 bits per heavy atom. The average Bonchev–Trinajstić information content (AvgIpc) is 2.92. The zero-order valence-electron chi connectivity index (χ0n) is 13.6. The second-order valence-corrected chi connectivity index (χ2v) is 6.47. The van der Waals surface area contributed by atoms with Gasteiger partial charge in [0.05, 0.1) is 37.1 Å². The summed E-state index contributed by atoms with van der Waals surface area (Å²) in [5, 5.41) is 17.9. The minimum Gasteiger partial charge on any atom is -0.389 e. The normalized spacial score (nSPS) is 29.9. The van der Waals surface area contributed by atoms with E-state index >= 15 is 0 Å². The van der Waals surface area contributed by atoms with E-state index in [4.69, 9.17) is 4.74 Å². The third-order valence-electron chi connectivity index (χ3n) is 4.87. The van der Waals surface area contributed by atoms with Gasteiger partial charge >= 0.3 is 0 Å². The molecule has 23 heavy (non-hydrogen) atoms. The maximum Gasteiger partial charge on any atom is 0.254 e. The van der Waals surface area contributed by atoms with Gasteiger partial charge in [-0.25, -0.2) is 0 Å². The lowest BCUT2D eigenvalue weighted by atomic mass is 9.99. The second-order valence-electron chi connectivity index (χ2n) is 6.47. The summed E-state index contributed by atoms with van der Waals surface area (Å²) in [6, 6.07) is -0.112. The Morgan fingerprint density at radius 1 is 1.35 bits per heavy atom. The quantitative estimate of drug-likeness (QED) is 0.775. The molecule has 0 aromatic carbocycles. The summed E-state index contributed by atoms with van der Waals surface area (Å²) in [4.78, 5) is 14.7. The van der Waals surface area contributed by atoms with E-state index in [-0.39, 0.29) is 18.0 Å². The van der Waals surface area contributed by atoms with Gasteiger partial charge in [0, 0.05) is 32.4 Å². The molecule has 7 heteroatoms. The molecule has 1 aliphatic carbocycles. The molecule has 1 amide bonds. The molecule has 2 heterocycles. The van der Waals surface area contributed by atoms with Crippen molar-refractivity contribution in [1.29, 1.82) is 0 Å². The van der Waals surface area contributed by atoms with Crippen molar-refractivity contribution < 1.29 is 14.6 Å². The zero-order chi connectivity index (χ0) is 16.2. The van der Waals surface area contributed by atoms with Gasteiger partial charge in [0.25, 0.3) is 5.91 Å². The van der Waals surface area contributed by atoms with Gasteiger partial charge in [-0.1, -0.05) is 12.8 Å². The van der Waals surface area contributed by atoms with Crippen LogP contribution in [0.2, 0.25) is 0 Å². The molecule has 2 N–H and O–H groups in total. The van der Waals surface area contributed by atoms with E-state index in [1.165, 1.54) is 0 Å². The van der Waals surface area contributed by atoms with Gasteiger partial charge in [-0.2, -0.15) is 5.10 Å². The monoisotopic (exact) mass is 322 g/mol. The van der Waals surface area contributed by atoms with Crippen LogP contribution in [0.1, 0.15) is 36.0 Å². The fraction of sp³-hybridized carbons (Fsp3) is 0.750. The number of aromatic nitrogens is 2. The van der Waals surface area contributed by atoms with E-state index in [0.717, 1.165) is 52.0 Å². The molecule has 2 fully saturated rings. The Hall–Kier alpha value is -1.44. The lowest BCUT2D eigenvalue weighted by Gasteiger charge is -2.38. The standard InChI is InChI=1S/C16H26N4O3/c1-19-11-12(10-17-19)16(22)18-13-4-2-3-5-14(15(13)21)20-6-8-23-9-7-20/h10-11,13-15,21H,2-9H2,1H3,(H,18,22)/t13-,14-,15-/m1/s1. The van der Waals surface area contributed by atoms with Gasteiger partial charge in [0.15, 0.2) is 0 Å². The molecule has 1 aliphatic heterocycles. The van der Waals surface area contributed by atoms with E-state index in [0.29, 0.717) is 5.56 Å². The number of aliphatic hydroxyl groups excluding tert-OH is 1. The molecule has 1 saturated carbocycles. The number of aliphatic hydroxyl groups is 1. The van der Waals surface area contributed by atoms with Crippen LogP contribution in [0.4, 0.5) is 0 Å². The third-order valence-corrected chi connectivity index (χ3v) is 4.87. The molecule has 1 aromatic rings. The maximum atomic E-state index is 12.4. The number of amides is 1. The lowest BCUT2D eigenvalue weighted by Crippen LogP contribution is -2.55. The largest absolute Gasteiger partial charge is 0.389 e. The Kier molecular flexibility index (Phi) is 5.30. The van der Waals surface area contributed by atoms with Gasteiger partial charge < -0.3 is 15.2 Å². The molecule has 1 aromatic heterocycles. The predicted molar refractivity (Wildman–Crippen MR) is 85.1 cm³/mol. The molecule has 0 unspecified atom stereocenters. The van der Waals surface area contributed by atoms with Gasteiger partial charge in [-0.05, 0) is 12.8 Å². The molecule has 0 bridgehead atoms. The van der Waals surface area contributed by atoms with E-state index < -0.39 is 6.10 Å². The topological polar surface area (TPSA) is 79.6 Å². The lowest BCUT2D eigenvalue weighted by molar-refractivity contribution is -0.0308. The molecule has 0 radical (unpaired) electrons. The Balaban J connectivity index is 1.66. The first-order valence-corrected chi connectivity index (χ1v) is 8.44. The summed E-state index contributed by atoms with van der Waals surface area (Å²) in [5.41, 5.74) is 0.534. The van der Waals surface area contributed by atoms with Crippen LogP contribution >= 0.6 is 0 Å². The smallest absolute Gasteiger partial charge is 0.254 e. The molecule has 1 saturated heterocycles. The molecule has 0 spiro atoms. The van der Waals surface area contributed by atoms with Crippen LogP contribution in [0, 0.1) is 0 Å². The summed E-state index contributed by atoms with van der Waals surface area (Å²) in [7, 11) is 1.78. The molecule has 3 atom stereocenters. The van der Waals surface area contributed by atoms with Crippen molar-refractivity contribution >= 4 is 5.91 Å². The highest BCUT2D eigenvalue weighted by atomic mass is 16.5. The summed E-state index contributed by atoms with van der Waals surface area (Å²) >= 11 is 0. The van der Waals surface area contributed by atoms with Crippen molar-refractivity contribution in [3.63, 3.8) is 0 Å². The van der Waals surface area contributed by atoms with Crippen LogP contribution in [0.5, 0.6) is 0 Å². The first-order chi connectivity index (χ1) is 11.1. The number of hydrogen-bond acceptors (Lipinski definition) is 5. The van der Waals surface area contributed by atoms with Crippen molar-refractivity contribution in [1.82, 2.24) is 20.0 Å². The van der Waals surface area contributed by atoms with Crippen molar-refractivity contribution in [2.24, 2.45) is 7.05 Å². The predicted octanol–water partition coefficient (Wildman–Crippen LogP) is 0.154. The summed E-state index contributed by atoms with van der Waals surface area (Å²) in [6.45, 7) is 3.14. The molecule has 128 valence electrons. The number of morpholine rings is 1. The molecule has 3 rings (SSSR count). The number of hydrogen-bond donors (Lipinski definition) is 2. The van der Waals surface area contributed by atoms with Crippen LogP contribution in [-0.4, -0.2) is 70.2 Å². The fourth-order valence-corrected chi connectivity index (χ4v) is 3.58. The van der Waals surface area contributed by atoms with E-state index in [1.807, 2.05) is 0 Å². The van der Waals surface area contributed by atoms with Crippen LogP contribution in [0.15, 0.2) is 12.4 Å². The van der Waals surface area contributed by atoms with Crippen molar-refractivity contribution in [3.05, 3.63) is 18.0 Å². The SMILES string of the molecule is Cn1cc(C(=O)N[C@@H]2CCCC[C@@H](N3CCOCC3)[C@@H]2O)cn1. The molecular formula is C16H26N4O3. The van der Waals surface area contributed by atoms with Crippen molar-refractivity contribution in [2.45, 2.75) is 43.9 Å². The highest BCUT2D eigenvalue weighted by molar-refractivity contribution is 5.93. The molecule has 7 nitrogen and oxygen atoms in total. The Labute approximate surface area is 136 Å². The number of nitrogens with one attached hydrogen (secondary N) is 1. The summed E-state index contributed by atoms with van der Waals surface area (Å²) in [6.07, 6.45) is 6.59. The molecular weight excluding hydrogens is 296 g/mol. The van der Waals surface area contributed by atoms with Crippen molar-refractivity contribution in [3.8, 4) is 0 Å². The first kappa shape index (κ1) is 16.4. The van der Waals surface area contributed by atoms with E-state index in [9.17, 15) is 9.90 Å². The number of ether oxygens (including phenoxy) is 1. The number of carbonyl (C=O) groups excluding carboxylic acids is 1. The fourth-order valence-electron chi connectivity index (χ4n) is 3.58. The first-order valence-electron chi connectivity index (χ1n) is 8.44. The summed E-state index contributed by atoms with van der Waals surface area (Å²) in [5.74, 6) is -0.162. The van der Waals surface area contributed by atoms with Gasteiger partial charge in [-0.15, -0.1) is 0 Å².